The van der Waals surface area contributed by atoms with Crippen LogP contribution in [0.5, 0.6) is 0 Å². The van der Waals surface area contributed by atoms with E-state index in [4.69, 9.17) is 5.10 Å². The number of nitrogens with zero attached hydrogens (tertiary/aromatic N) is 4. The van der Waals surface area contributed by atoms with Crippen molar-refractivity contribution >= 4 is 16.3 Å². The van der Waals surface area contributed by atoms with Crippen LogP contribution in [0.25, 0.3) is 4.96 Å². The summed E-state index contributed by atoms with van der Waals surface area (Å²) in [5.41, 5.74) is 0.254. The minimum Gasteiger partial charge on any atom is -0.317 e. The highest BCUT2D eigenvalue weighted by molar-refractivity contribution is 7.16. The lowest BCUT2D eigenvalue weighted by Gasteiger charge is -2.34. The maximum Gasteiger partial charge on any atom is 0.234 e. The Hall–Kier alpha value is -1.01. The molecule has 0 amide bonds. The molecule has 4 rings (SSSR count). The molecule has 0 atom stereocenters. The summed E-state index contributed by atoms with van der Waals surface area (Å²) in [5, 5.41) is 18.5. The smallest absolute Gasteiger partial charge is 0.234 e. The number of fused-ring (bicyclic) bond motifs is 1. The van der Waals surface area contributed by atoms with Gasteiger partial charge in [-0.2, -0.15) is 9.61 Å². The molecule has 114 valence electrons. The quantitative estimate of drug-likeness (QED) is 0.947. The van der Waals surface area contributed by atoms with Crippen LogP contribution in [-0.2, 0) is 5.41 Å². The van der Waals surface area contributed by atoms with Crippen molar-refractivity contribution in [2.75, 3.05) is 13.1 Å². The second-order valence-electron chi connectivity index (χ2n) is 6.53. The normalized spacial score (nSPS) is 23.1. The van der Waals surface area contributed by atoms with Crippen LogP contribution in [0, 0.1) is 0 Å². The molecule has 3 heterocycles. The molecule has 1 N–H and O–H groups in total. The summed E-state index contributed by atoms with van der Waals surface area (Å²) in [6.07, 6.45) is 8.67. The topological polar surface area (TPSA) is 55.1 Å². The van der Waals surface area contributed by atoms with Crippen molar-refractivity contribution in [3.8, 4) is 0 Å². The number of hydrogen-bond acceptors (Lipinski definition) is 5. The Morgan fingerprint density at radius 3 is 2.71 bits per heavy atom. The second-order valence-corrected chi connectivity index (χ2v) is 7.48. The predicted molar refractivity (Wildman–Crippen MR) is 83.9 cm³/mol. The maximum atomic E-state index is 4.97. The largest absolute Gasteiger partial charge is 0.317 e. The summed E-state index contributed by atoms with van der Waals surface area (Å²) in [7, 11) is 0. The van der Waals surface area contributed by atoms with E-state index in [0.29, 0.717) is 5.92 Å². The molecule has 6 heteroatoms. The molecule has 2 aliphatic rings. The number of rotatable bonds is 3. The molecule has 2 fully saturated rings. The van der Waals surface area contributed by atoms with Gasteiger partial charge in [0.2, 0.25) is 4.96 Å². The monoisotopic (exact) mass is 305 g/mol. The molecule has 1 aliphatic heterocycles. The van der Waals surface area contributed by atoms with Crippen molar-refractivity contribution < 1.29 is 0 Å². The zero-order valence-corrected chi connectivity index (χ0v) is 13.5. The molecule has 0 unspecified atom stereocenters. The van der Waals surface area contributed by atoms with E-state index >= 15 is 0 Å². The van der Waals surface area contributed by atoms with Crippen molar-refractivity contribution in [3.63, 3.8) is 0 Å². The highest BCUT2D eigenvalue weighted by Crippen LogP contribution is 2.40. The fourth-order valence-electron chi connectivity index (χ4n) is 3.91. The van der Waals surface area contributed by atoms with Gasteiger partial charge in [-0.05, 0) is 45.2 Å². The average molecular weight is 305 g/mol. The van der Waals surface area contributed by atoms with Crippen LogP contribution in [-0.4, -0.2) is 32.9 Å². The standard InChI is InChI=1S/C15H23N5S/c1-2-15(7-9-16-10-8-15)13-19-20-12(11-5-3-4-6-11)17-18-14(20)21-13/h11,16H,2-10H2,1H3. The Morgan fingerprint density at radius 2 is 2.00 bits per heavy atom. The lowest BCUT2D eigenvalue weighted by Crippen LogP contribution is -2.39. The summed E-state index contributed by atoms with van der Waals surface area (Å²) in [6.45, 7) is 4.50. The van der Waals surface area contributed by atoms with Crippen LogP contribution in [0.3, 0.4) is 0 Å². The van der Waals surface area contributed by atoms with Gasteiger partial charge in [-0.15, -0.1) is 10.2 Å². The average Bonchev–Trinajstić information content (AvgIpc) is 3.23. The van der Waals surface area contributed by atoms with Crippen LogP contribution in [0.4, 0.5) is 0 Å². The summed E-state index contributed by atoms with van der Waals surface area (Å²) < 4.78 is 2.05. The second kappa shape index (κ2) is 5.32. The highest BCUT2D eigenvalue weighted by Gasteiger charge is 2.36. The molecule has 0 radical (unpaired) electrons. The van der Waals surface area contributed by atoms with E-state index in [9.17, 15) is 0 Å². The van der Waals surface area contributed by atoms with Gasteiger partial charge in [0.15, 0.2) is 5.82 Å². The van der Waals surface area contributed by atoms with Gasteiger partial charge in [-0.3, -0.25) is 0 Å². The van der Waals surface area contributed by atoms with Gasteiger partial charge < -0.3 is 5.32 Å². The van der Waals surface area contributed by atoms with E-state index in [0.717, 1.165) is 30.3 Å². The fraction of sp³-hybridized carbons (Fsp3) is 0.800. The molecule has 0 spiro atoms. The first-order chi connectivity index (χ1) is 10.3. The van der Waals surface area contributed by atoms with Gasteiger partial charge in [0.25, 0.3) is 0 Å². The van der Waals surface area contributed by atoms with Gasteiger partial charge >= 0.3 is 0 Å². The molecular formula is C15H23N5S. The van der Waals surface area contributed by atoms with E-state index in [1.807, 2.05) is 0 Å². The minimum atomic E-state index is 0.254. The van der Waals surface area contributed by atoms with Crippen molar-refractivity contribution in [1.82, 2.24) is 25.1 Å². The third kappa shape index (κ3) is 2.19. The van der Waals surface area contributed by atoms with Gasteiger partial charge in [-0.1, -0.05) is 31.1 Å². The van der Waals surface area contributed by atoms with Crippen LogP contribution in [0.2, 0.25) is 0 Å². The third-order valence-corrected chi connectivity index (χ3v) is 6.57. The van der Waals surface area contributed by atoms with E-state index in [2.05, 4.69) is 27.0 Å². The van der Waals surface area contributed by atoms with Gasteiger partial charge in [-0.25, -0.2) is 0 Å². The lowest BCUT2D eigenvalue weighted by molar-refractivity contribution is 0.294. The molecule has 21 heavy (non-hydrogen) atoms. The minimum absolute atomic E-state index is 0.254. The Morgan fingerprint density at radius 1 is 1.24 bits per heavy atom. The Labute approximate surface area is 129 Å². The number of nitrogens with one attached hydrogen (secondary N) is 1. The SMILES string of the molecule is CCC1(c2nn3c(C4CCCC4)nnc3s2)CCNCC1. The van der Waals surface area contributed by atoms with Crippen LogP contribution in [0.1, 0.15) is 68.6 Å². The van der Waals surface area contributed by atoms with Crippen molar-refractivity contribution in [3.05, 3.63) is 10.8 Å². The van der Waals surface area contributed by atoms with Crippen molar-refractivity contribution in [2.24, 2.45) is 0 Å². The van der Waals surface area contributed by atoms with Crippen molar-refractivity contribution in [2.45, 2.75) is 63.2 Å². The summed E-state index contributed by atoms with van der Waals surface area (Å²) in [6, 6.07) is 0. The Balaban J connectivity index is 1.73. The molecule has 2 aromatic heterocycles. The molecule has 1 saturated heterocycles. The maximum absolute atomic E-state index is 4.97. The lowest BCUT2D eigenvalue weighted by atomic mass is 9.77. The Kier molecular flexibility index (Phi) is 3.46. The fourth-order valence-corrected chi connectivity index (χ4v) is 5.07. The summed E-state index contributed by atoms with van der Waals surface area (Å²) >= 11 is 1.76. The molecule has 2 aromatic rings. The first kappa shape index (κ1) is 13.6. The molecule has 0 aromatic carbocycles. The van der Waals surface area contributed by atoms with Gasteiger partial charge in [0.05, 0.1) is 0 Å². The van der Waals surface area contributed by atoms with Gasteiger partial charge in [0, 0.05) is 11.3 Å². The van der Waals surface area contributed by atoms with Crippen molar-refractivity contribution in [1.29, 1.82) is 0 Å². The molecule has 1 saturated carbocycles. The molecule has 5 nitrogen and oxygen atoms in total. The Bertz CT molecular complexity index is 619. The van der Waals surface area contributed by atoms with Crippen LogP contribution < -0.4 is 5.32 Å². The number of hydrogen-bond donors (Lipinski definition) is 1. The van der Waals surface area contributed by atoms with E-state index in [-0.39, 0.29) is 5.41 Å². The zero-order valence-electron chi connectivity index (χ0n) is 12.6. The number of piperidine rings is 1. The van der Waals surface area contributed by atoms with Crippen LogP contribution >= 0.6 is 11.3 Å². The zero-order chi connectivity index (χ0) is 14.3. The molecule has 1 aliphatic carbocycles. The summed E-state index contributed by atoms with van der Waals surface area (Å²) in [5.74, 6) is 1.67. The summed E-state index contributed by atoms with van der Waals surface area (Å²) in [4.78, 5) is 0.984. The van der Waals surface area contributed by atoms with Crippen LogP contribution in [0.15, 0.2) is 0 Å². The van der Waals surface area contributed by atoms with Gasteiger partial charge in [0.1, 0.15) is 5.01 Å². The molecule has 0 bridgehead atoms. The third-order valence-electron chi connectivity index (χ3n) is 5.43. The van der Waals surface area contributed by atoms with E-state index in [1.165, 1.54) is 43.5 Å². The number of aromatic nitrogens is 4. The molecular weight excluding hydrogens is 282 g/mol. The predicted octanol–water partition coefficient (Wildman–Crippen LogP) is 2.87. The first-order valence-electron chi connectivity index (χ1n) is 8.26. The highest BCUT2D eigenvalue weighted by atomic mass is 32.1. The first-order valence-corrected chi connectivity index (χ1v) is 9.07. The van der Waals surface area contributed by atoms with E-state index in [1.54, 1.807) is 11.3 Å². The van der Waals surface area contributed by atoms with E-state index < -0.39 is 0 Å².